The number of phenolic OH excluding ortho intramolecular Hbond substituents is 1. The quantitative estimate of drug-likeness (QED) is 0.165. The number of imidazole rings is 1. The minimum atomic E-state index is -3.94. The van der Waals surface area contributed by atoms with Crippen LogP contribution < -0.4 is 0 Å². The number of phenols is 1. The number of fused-ring (bicyclic) bond motifs is 1. The SMILES string of the molecule is [2H]c1nc(-c2cc(-c3cccc4c3nc(-c3cc(C([2H])(C)C)cc(C([2H])(C)C)c3O)n4-c3ccc(C(C)(C)C)cc3-c3ccc(C(C)(C)C)cc3)cc(C(C)(C)C)c2)c([2H])c(-c2c([2H])c([2H])c(C(C([2H])([2H])[2H])(C([2H])([2H])[2H])C([2H])([2H])[2H])c([2H])c2[2H])c1[2H]. The lowest BCUT2D eigenvalue weighted by Crippen LogP contribution is -2.12. The van der Waals surface area contributed by atoms with E-state index in [4.69, 9.17) is 22.8 Å². The Morgan fingerprint density at radius 3 is 1.82 bits per heavy atom. The van der Waals surface area contributed by atoms with Gasteiger partial charge in [0.25, 0.3) is 0 Å². The van der Waals surface area contributed by atoms with Crippen LogP contribution in [-0.4, -0.2) is 19.6 Å². The Morgan fingerprint density at radius 1 is 0.559 bits per heavy atom. The molecule has 2 heterocycles. The summed E-state index contributed by atoms with van der Waals surface area (Å²) in [6, 6.07) is 22.8. The van der Waals surface area contributed by atoms with Gasteiger partial charge in [-0.1, -0.05) is 189 Å². The molecule has 0 saturated carbocycles. The first-order chi connectivity index (χ1) is 39.1. The Hall–Kier alpha value is -6.26. The van der Waals surface area contributed by atoms with Crippen molar-refractivity contribution >= 4 is 11.0 Å². The highest BCUT2D eigenvalue weighted by molar-refractivity contribution is 5.98. The number of hydrogen-bond donors (Lipinski definition) is 1. The molecule has 8 aromatic rings. The van der Waals surface area contributed by atoms with Crippen LogP contribution in [0.25, 0.3) is 72.7 Å². The van der Waals surface area contributed by atoms with E-state index in [9.17, 15) is 12.0 Å². The summed E-state index contributed by atoms with van der Waals surface area (Å²) in [4.78, 5) is 9.91. The minimum Gasteiger partial charge on any atom is -0.507 e. The molecule has 2 aromatic heterocycles. The van der Waals surface area contributed by atoms with Gasteiger partial charge in [0.1, 0.15) is 11.6 Å². The smallest absolute Gasteiger partial charge is 0.149 e. The second-order valence-corrected chi connectivity index (χ2v) is 21.4. The number of rotatable bonds is 8. The van der Waals surface area contributed by atoms with Crippen molar-refractivity contribution in [2.75, 3.05) is 0 Å². The number of benzene rings is 6. The van der Waals surface area contributed by atoms with Crippen LogP contribution in [0.15, 0.2) is 133 Å². The third-order valence-corrected chi connectivity index (χ3v) is 12.5. The van der Waals surface area contributed by atoms with Crippen LogP contribution in [0.3, 0.4) is 0 Å². The Bertz CT molecular complexity index is 3940. The Kier molecular flexibility index (Phi) is 7.87. The zero-order chi connectivity index (χ0) is 64.7. The summed E-state index contributed by atoms with van der Waals surface area (Å²) < 4.78 is 160. The van der Waals surface area contributed by atoms with E-state index in [2.05, 4.69) is 82.9 Å². The maximum Gasteiger partial charge on any atom is 0.149 e. The van der Waals surface area contributed by atoms with Gasteiger partial charge in [-0.2, -0.15) is 0 Å². The molecule has 0 radical (unpaired) electrons. The molecule has 4 nitrogen and oxygen atoms in total. The molecular formula is C64H73N3O. The lowest BCUT2D eigenvalue weighted by molar-refractivity contribution is 0.466. The lowest BCUT2D eigenvalue weighted by Gasteiger charge is -2.24. The van der Waals surface area contributed by atoms with Crippen LogP contribution in [-0.2, 0) is 21.7 Å². The average Bonchev–Trinajstić information content (AvgIpc) is 0.759. The molecule has 0 atom stereocenters. The topological polar surface area (TPSA) is 50.9 Å². The number of hydrogen-bond acceptors (Lipinski definition) is 3. The number of nitrogens with zero attached hydrogens (tertiary/aromatic N) is 3. The molecule has 6 aromatic carbocycles. The molecule has 0 bridgehead atoms. The standard InChI is InChI=1S/C64H73N3O/c1-39(2)44-35-52(40(3)4)59(68)54(36-44)60-66-58-51(18-17-19-57(58)67(60)56-29-28-49(63(11,12)13)38-53(56)42-22-26-48(27-23-42)62(8,9)10)45-32-46(34-50(33-45)64(14,15)16)55-37-43(30-31-65-55)41-20-24-47(25-21-41)61(5,6)7/h17-40,68H,1-16H3/i5D3,6D3,7D3,20D,21D,24D,25D,30D,31D,37D,39D,40D. The van der Waals surface area contributed by atoms with Crippen LogP contribution in [0.1, 0.15) is 180 Å². The number of pyridine rings is 1. The molecule has 1 N–H and O–H groups in total. The first-order valence-corrected chi connectivity index (χ1v) is 23.0. The average molecular weight is 918 g/mol. The third kappa shape index (κ3) is 9.57. The van der Waals surface area contributed by atoms with Crippen molar-refractivity contribution in [2.24, 2.45) is 0 Å². The molecule has 0 saturated heterocycles. The van der Waals surface area contributed by atoms with Crippen molar-refractivity contribution in [3.8, 4) is 67.5 Å². The summed E-state index contributed by atoms with van der Waals surface area (Å²) >= 11 is 0. The fraction of sp³-hybridized carbons (Fsp3) is 0.344. The van der Waals surface area contributed by atoms with Crippen molar-refractivity contribution in [3.63, 3.8) is 0 Å². The predicted octanol–water partition coefficient (Wildman–Crippen LogP) is 17.9. The van der Waals surface area contributed by atoms with Crippen molar-refractivity contribution in [3.05, 3.63) is 167 Å². The highest BCUT2D eigenvalue weighted by Crippen LogP contribution is 2.45. The van der Waals surface area contributed by atoms with Gasteiger partial charge in [-0.25, -0.2) is 4.98 Å². The van der Waals surface area contributed by atoms with Gasteiger partial charge < -0.3 is 5.11 Å². The van der Waals surface area contributed by atoms with Gasteiger partial charge in [-0.3, -0.25) is 9.55 Å². The predicted molar refractivity (Wildman–Crippen MR) is 291 cm³/mol. The first-order valence-electron chi connectivity index (χ1n) is 32.0. The molecule has 0 aliphatic carbocycles. The van der Waals surface area contributed by atoms with E-state index >= 15 is 0 Å². The van der Waals surface area contributed by atoms with Gasteiger partial charge in [0.2, 0.25) is 0 Å². The van der Waals surface area contributed by atoms with Crippen molar-refractivity contribution in [1.29, 1.82) is 0 Å². The van der Waals surface area contributed by atoms with Crippen LogP contribution in [0.2, 0.25) is 0 Å². The van der Waals surface area contributed by atoms with E-state index < -0.39 is 102 Å². The minimum absolute atomic E-state index is 0.134. The number of aromatic nitrogens is 3. The summed E-state index contributed by atoms with van der Waals surface area (Å²) in [6.45, 7) is 13.8. The maximum absolute atomic E-state index is 12.6. The van der Waals surface area contributed by atoms with Crippen LogP contribution >= 0.6 is 0 Å². The molecule has 0 amide bonds. The molecule has 0 spiro atoms. The van der Waals surface area contributed by atoms with Gasteiger partial charge in [-0.15, -0.1) is 0 Å². The molecule has 8 rings (SSSR count). The van der Waals surface area contributed by atoms with E-state index in [1.807, 2.05) is 55.7 Å². The second kappa shape index (κ2) is 17.7. The zero-order valence-corrected chi connectivity index (χ0v) is 41.4. The summed E-state index contributed by atoms with van der Waals surface area (Å²) in [5, 5.41) is 12.6. The van der Waals surface area contributed by atoms with Crippen molar-refractivity contribution in [2.45, 2.75) is 144 Å². The van der Waals surface area contributed by atoms with E-state index in [0.717, 1.165) is 22.3 Å². The molecule has 350 valence electrons. The lowest BCUT2D eigenvalue weighted by atomic mass is 9.83. The maximum atomic E-state index is 12.6. The van der Waals surface area contributed by atoms with Gasteiger partial charge in [0.15, 0.2) is 0 Å². The van der Waals surface area contributed by atoms with Crippen molar-refractivity contribution < 1.29 is 29.8 Å². The summed E-state index contributed by atoms with van der Waals surface area (Å²) in [6.07, 6.45) is -0.753. The third-order valence-electron chi connectivity index (χ3n) is 12.5. The van der Waals surface area contributed by atoms with Crippen LogP contribution in [0.5, 0.6) is 5.75 Å². The largest absolute Gasteiger partial charge is 0.507 e. The van der Waals surface area contributed by atoms with Crippen LogP contribution in [0, 0.1) is 0 Å². The normalized spacial score (nSPS) is 17.4. The van der Waals surface area contributed by atoms with Crippen molar-refractivity contribution in [1.82, 2.24) is 14.5 Å². The molecular weight excluding hydrogens is 827 g/mol. The highest BCUT2D eigenvalue weighted by atomic mass is 16.3. The zero-order valence-electron chi connectivity index (χ0n) is 59.4. The second-order valence-electron chi connectivity index (χ2n) is 21.4. The van der Waals surface area contributed by atoms with Crippen LogP contribution in [0.4, 0.5) is 0 Å². The van der Waals surface area contributed by atoms with E-state index in [-0.39, 0.29) is 39.0 Å². The van der Waals surface area contributed by atoms with Gasteiger partial charge >= 0.3 is 0 Å². The Morgan fingerprint density at radius 2 is 1.21 bits per heavy atom. The van der Waals surface area contributed by atoms with E-state index in [1.165, 1.54) is 0 Å². The molecule has 0 aliphatic rings. The number of aromatic hydroxyl groups is 1. The molecule has 68 heavy (non-hydrogen) atoms. The molecule has 0 unspecified atom stereocenters. The summed E-state index contributed by atoms with van der Waals surface area (Å²) in [5.41, 5.74) is 0.786. The van der Waals surface area contributed by atoms with Gasteiger partial charge in [0.05, 0.1) is 37.6 Å². The Balaban J connectivity index is 1.48. The fourth-order valence-electron chi connectivity index (χ4n) is 8.37. The molecule has 0 aliphatic heterocycles. The first kappa shape index (κ1) is 30.3. The Labute approximate surface area is 432 Å². The highest BCUT2D eigenvalue weighted by Gasteiger charge is 2.27. The number of para-hydroxylation sites is 1. The van der Waals surface area contributed by atoms with E-state index in [0.29, 0.717) is 44.8 Å². The molecule has 0 fully saturated rings. The fourth-order valence-corrected chi connectivity index (χ4v) is 8.37. The van der Waals surface area contributed by atoms with E-state index in [1.54, 1.807) is 52.0 Å². The monoisotopic (exact) mass is 918 g/mol. The summed E-state index contributed by atoms with van der Waals surface area (Å²) in [5.74, 6) is -2.40. The summed E-state index contributed by atoms with van der Waals surface area (Å²) in [7, 11) is 0. The molecule has 4 heteroatoms. The van der Waals surface area contributed by atoms with Gasteiger partial charge in [-0.05, 0) is 138 Å². The van der Waals surface area contributed by atoms with Gasteiger partial charge in [0, 0.05) is 37.9 Å².